The first-order chi connectivity index (χ1) is 6.22. The molecule has 76 valence electrons. The van der Waals surface area contributed by atoms with Crippen LogP contribution in [0, 0.1) is 5.92 Å². The number of rotatable bonds is 3. The highest BCUT2D eigenvalue weighted by atomic mass is 16.5. The smallest absolute Gasteiger partial charge is 0.307 e. The van der Waals surface area contributed by atoms with E-state index in [2.05, 4.69) is 12.2 Å². The fourth-order valence-electron chi connectivity index (χ4n) is 1.65. The summed E-state index contributed by atoms with van der Waals surface area (Å²) in [6.07, 6.45) is 2.84. The molecule has 3 heteroatoms. The minimum atomic E-state index is -0.0745. The molecule has 1 aliphatic heterocycles. The van der Waals surface area contributed by atoms with Gasteiger partial charge in [0.25, 0.3) is 0 Å². The summed E-state index contributed by atoms with van der Waals surface area (Å²) in [7, 11) is 0. The van der Waals surface area contributed by atoms with Crippen LogP contribution >= 0.6 is 0 Å². The van der Waals surface area contributed by atoms with Gasteiger partial charge in [-0.3, -0.25) is 4.79 Å². The summed E-state index contributed by atoms with van der Waals surface area (Å²) in [6.45, 7) is 5.59. The highest BCUT2D eigenvalue weighted by Crippen LogP contribution is 2.15. The van der Waals surface area contributed by atoms with Crippen LogP contribution in [0.4, 0.5) is 0 Å². The molecule has 0 bridgehead atoms. The Hall–Kier alpha value is -0.570. The predicted octanol–water partition coefficient (Wildman–Crippen LogP) is 1.33. The van der Waals surface area contributed by atoms with Crippen LogP contribution in [-0.2, 0) is 9.53 Å². The van der Waals surface area contributed by atoms with Gasteiger partial charge in [0.1, 0.15) is 0 Å². The second-order valence-electron chi connectivity index (χ2n) is 3.80. The lowest BCUT2D eigenvalue weighted by Gasteiger charge is -2.26. The number of hydrogen-bond donors (Lipinski definition) is 1. The molecule has 0 aromatic heterocycles. The normalized spacial score (nSPS) is 28.5. The molecule has 0 unspecified atom stereocenters. The molecule has 0 radical (unpaired) electrons. The Morgan fingerprint density at radius 2 is 2.31 bits per heavy atom. The minimum absolute atomic E-state index is 0.0745. The highest BCUT2D eigenvalue weighted by molar-refractivity contribution is 5.70. The third-order valence-corrected chi connectivity index (χ3v) is 2.48. The summed E-state index contributed by atoms with van der Waals surface area (Å²) in [6, 6.07) is 0.343. The van der Waals surface area contributed by atoms with Crippen LogP contribution < -0.4 is 5.32 Å². The lowest BCUT2D eigenvalue weighted by Crippen LogP contribution is -2.39. The Morgan fingerprint density at radius 1 is 1.54 bits per heavy atom. The molecule has 2 atom stereocenters. The maximum Gasteiger partial charge on any atom is 0.307 e. The van der Waals surface area contributed by atoms with Gasteiger partial charge in [-0.25, -0.2) is 0 Å². The molecule has 3 nitrogen and oxygen atoms in total. The van der Waals surface area contributed by atoms with Gasteiger partial charge >= 0.3 is 5.97 Å². The molecular weight excluding hydrogens is 166 g/mol. The maximum absolute atomic E-state index is 11.1. The quantitative estimate of drug-likeness (QED) is 0.674. The molecule has 1 heterocycles. The van der Waals surface area contributed by atoms with E-state index in [1.165, 1.54) is 6.42 Å². The van der Waals surface area contributed by atoms with Crippen LogP contribution in [0.1, 0.15) is 33.1 Å². The number of hydrogen-bond acceptors (Lipinski definition) is 3. The van der Waals surface area contributed by atoms with E-state index in [9.17, 15) is 4.79 Å². The van der Waals surface area contributed by atoms with Gasteiger partial charge in [0.15, 0.2) is 0 Å². The SMILES string of the molecule is CCOC(=O)C[C@@H]1CC[C@@H](C)CN1. The van der Waals surface area contributed by atoms with Crippen molar-refractivity contribution in [3.8, 4) is 0 Å². The van der Waals surface area contributed by atoms with Crippen molar-refractivity contribution in [2.24, 2.45) is 5.92 Å². The van der Waals surface area contributed by atoms with E-state index in [0.29, 0.717) is 19.1 Å². The number of nitrogens with one attached hydrogen (secondary N) is 1. The third kappa shape index (κ3) is 3.77. The molecular formula is C10H19NO2. The van der Waals surface area contributed by atoms with Gasteiger partial charge in [0.05, 0.1) is 13.0 Å². The van der Waals surface area contributed by atoms with Crippen molar-refractivity contribution in [3.05, 3.63) is 0 Å². The second kappa shape index (κ2) is 5.22. The third-order valence-electron chi connectivity index (χ3n) is 2.48. The molecule has 1 N–H and O–H groups in total. The Morgan fingerprint density at radius 3 is 2.85 bits per heavy atom. The van der Waals surface area contributed by atoms with E-state index in [0.717, 1.165) is 18.9 Å². The number of ether oxygens (including phenoxy) is 1. The highest BCUT2D eigenvalue weighted by Gasteiger charge is 2.20. The maximum atomic E-state index is 11.1. The summed E-state index contributed by atoms with van der Waals surface area (Å²) in [4.78, 5) is 11.1. The van der Waals surface area contributed by atoms with Gasteiger partial charge in [-0.2, -0.15) is 0 Å². The van der Waals surface area contributed by atoms with Crippen LogP contribution in [-0.4, -0.2) is 25.2 Å². The number of carbonyl (C=O) groups is 1. The van der Waals surface area contributed by atoms with Crippen molar-refractivity contribution in [2.75, 3.05) is 13.2 Å². The van der Waals surface area contributed by atoms with Crippen molar-refractivity contribution in [2.45, 2.75) is 39.2 Å². The van der Waals surface area contributed by atoms with Crippen molar-refractivity contribution < 1.29 is 9.53 Å². The number of carbonyl (C=O) groups excluding carboxylic acids is 1. The van der Waals surface area contributed by atoms with Crippen molar-refractivity contribution >= 4 is 5.97 Å². The molecule has 1 rings (SSSR count). The lowest BCUT2D eigenvalue weighted by atomic mass is 9.95. The predicted molar refractivity (Wildman–Crippen MR) is 51.4 cm³/mol. The molecule has 1 fully saturated rings. The first-order valence-corrected chi connectivity index (χ1v) is 5.11. The topological polar surface area (TPSA) is 38.3 Å². The molecule has 0 aromatic carbocycles. The molecule has 1 aliphatic rings. The standard InChI is InChI=1S/C10H19NO2/c1-3-13-10(12)6-9-5-4-8(2)7-11-9/h8-9,11H,3-7H2,1-2H3/t8-,9+/m1/s1. The van der Waals surface area contributed by atoms with Gasteiger partial charge in [-0.1, -0.05) is 6.92 Å². The zero-order valence-corrected chi connectivity index (χ0v) is 8.51. The average molecular weight is 185 g/mol. The molecule has 0 amide bonds. The first kappa shape index (κ1) is 10.5. The van der Waals surface area contributed by atoms with Gasteiger partial charge in [0.2, 0.25) is 0 Å². The monoisotopic (exact) mass is 185 g/mol. The molecule has 0 spiro atoms. The van der Waals surface area contributed by atoms with Crippen LogP contribution in [0.2, 0.25) is 0 Å². The van der Waals surface area contributed by atoms with Crippen molar-refractivity contribution in [3.63, 3.8) is 0 Å². The Labute approximate surface area is 79.8 Å². The van der Waals surface area contributed by atoms with E-state index in [1.54, 1.807) is 0 Å². The van der Waals surface area contributed by atoms with Gasteiger partial charge in [-0.05, 0) is 32.2 Å². The molecule has 0 saturated carbocycles. The minimum Gasteiger partial charge on any atom is -0.466 e. The van der Waals surface area contributed by atoms with Crippen LogP contribution in [0.3, 0.4) is 0 Å². The molecule has 1 saturated heterocycles. The van der Waals surface area contributed by atoms with Gasteiger partial charge in [0, 0.05) is 6.04 Å². The largest absolute Gasteiger partial charge is 0.466 e. The number of esters is 1. The fourth-order valence-corrected chi connectivity index (χ4v) is 1.65. The van der Waals surface area contributed by atoms with Crippen molar-refractivity contribution in [1.82, 2.24) is 5.32 Å². The molecule has 13 heavy (non-hydrogen) atoms. The zero-order valence-electron chi connectivity index (χ0n) is 8.51. The summed E-state index contributed by atoms with van der Waals surface area (Å²) < 4.78 is 4.89. The van der Waals surface area contributed by atoms with Crippen LogP contribution in [0.15, 0.2) is 0 Å². The molecule has 0 aromatic rings. The zero-order chi connectivity index (χ0) is 9.68. The Bertz CT molecular complexity index is 162. The summed E-state index contributed by atoms with van der Waals surface area (Å²) >= 11 is 0. The van der Waals surface area contributed by atoms with Crippen LogP contribution in [0.5, 0.6) is 0 Å². The average Bonchev–Trinajstić information content (AvgIpc) is 2.09. The first-order valence-electron chi connectivity index (χ1n) is 5.11. The van der Waals surface area contributed by atoms with Gasteiger partial charge < -0.3 is 10.1 Å². The van der Waals surface area contributed by atoms with Crippen molar-refractivity contribution in [1.29, 1.82) is 0 Å². The fraction of sp³-hybridized carbons (Fsp3) is 0.900. The van der Waals surface area contributed by atoms with E-state index >= 15 is 0 Å². The Kier molecular flexibility index (Phi) is 4.22. The van der Waals surface area contributed by atoms with E-state index in [1.807, 2.05) is 6.92 Å². The summed E-state index contributed by atoms with van der Waals surface area (Å²) in [5.41, 5.74) is 0. The van der Waals surface area contributed by atoms with E-state index < -0.39 is 0 Å². The lowest BCUT2D eigenvalue weighted by molar-refractivity contribution is -0.143. The summed E-state index contributed by atoms with van der Waals surface area (Å²) in [5, 5.41) is 3.36. The molecule has 0 aliphatic carbocycles. The second-order valence-corrected chi connectivity index (χ2v) is 3.80. The van der Waals surface area contributed by atoms with E-state index in [-0.39, 0.29) is 5.97 Å². The van der Waals surface area contributed by atoms with E-state index in [4.69, 9.17) is 4.74 Å². The number of piperidine rings is 1. The van der Waals surface area contributed by atoms with Gasteiger partial charge in [-0.15, -0.1) is 0 Å². The summed E-state index contributed by atoms with van der Waals surface area (Å²) in [5.74, 6) is 0.674. The Balaban J connectivity index is 2.18. The van der Waals surface area contributed by atoms with Crippen LogP contribution in [0.25, 0.3) is 0 Å².